The molecule has 0 bridgehead atoms. The lowest BCUT2D eigenvalue weighted by Gasteiger charge is -1.99. The first-order chi connectivity index (χ1) is 6.68. The molecule has 0 radical (unpaired) electrons. The molecule has 0 aromatic carbocycles. The van der Waals surface area contributed by atoms with E-state index in [9.17, 15) is 4.79 Å². The van der Waals surface area contributed by atoms with Gasteiger partial charge >= 0.3 is 0 Å². The number of rotatable bonds is 2. The molecule has 0 aliphatic heterocycles. The van der Waals surface area contributed by atoms with Crippen molar-refractivity contribution in [1.82, 2.24) is 9.38 Å². The Kier molecular flexibility index (Phi) is 2.08. The zero-order valence-corrected chi connectivity index (χ0v) is 8.32. The monoisotopic (exact) mass is 188 g/mol. The van der Waals surface area contributed by atoms with E-state index >= 15 is 0 Å². The van der Waals surface area contributed by atoms with Gasteiger partial charge in [-0.25, -0.2) is 4.98 Å². The van der Waals surface area contributed by atoms with Crippen molar-refractivity contribution in [3.8, 4) is 0 Å². The number of imidazole rings is 1. The van der Waals surface area contributed by atoms with Gasteiger partial charge in [-0.2, -0.15) is 0 Å². The van der Waals surface area contributed by atoms with Crippen LogP contribution < -0.4 is 0 Å². The predicted molar refractivity (Wildman–Crippen MR) is 54.3 cm³/mol. The average Bonchev–Trinajstić information content (AvgIpc) is 2.49. The van der Waals surface area contributed by atoms with Crippen molar-refractivity contribution in [3.05, 3.63) is 35.9 Å². The highest BCUT2D eigenvalue weighted by Crippen LogP contribution is 2.14. The van der Waals surface area contributed by atoms with Gasteiger partial charge in [-0.1, -0.05) is 6.07 Å². The van der Waals surface area contributed by atoms with Crippen LogP contribution in [-0.4, -0.2) is 15.2 Å². The fourth-order valence-electron chi connectivity index (χ4n) is 1.67. The van der Waals surface area contributed by atoms with Crippen LogP contribution in [0.4, 0.5) is 0 Å². The van der Waals surface area contributed by atoms with E-state index in [1.165, 1.54) is 0 Å². The molecule has 0 saturated carbocycles. The summed E-state index contributed by atoms with van der Waals surface area (Å²) in [5.74, 6) is 0.147. The van der Waals surface area contributed by atoms with E-state index in [1.54, 1.807) is 13.3 Å². The zero-order valence-electron chi connectivity index (χ0n) is 8.32. The molecule has 3 heteroatoms. The smallest absolute Gasteiger partial charge is 0.135 e. The molecule has 72 valence electrons. The summed E-state index contributed by atoms with van der Waals surface area (Å²) in [4.78, 5) is 15.3. The van der Waals surface area contributed by atoms with Crippen LogP contribution in [0.1, 0.15) is 18.2 Å². The van der Waals surface area contributed by atoms with E-state index in [2.05, 4.69) is 4.98 Å². The zero-order chi connectivity index (χ0) is 10.1. The first-order valence-corrected chi connectivity index (χ1v) is 4.59. The SMILES string of the molecule is CC(=O)Cc1ncn2cccc(C)c12. The Bertz CT molecular complexity index is 485. The highest BCUT2D eigenvalue weighted by molar-refractivity contribution is 5.80. The molecule has 0 atom stereocenters. The molecular weight excluding hydrogens is 176 g/mol. The van der Waals surface area contributed by atoms with Crippen molar-refractivity contribution in [2.75, 3.05) is 0 Å². The first kappa shape index (κ1) is 8.94. The summed E-state index contributed by atoms with van der Waals surface area (Å²) >= 11 is 0. The number of carbonyl (C=O) groups excluding carboxylic acids is 1. The Morgan fingerprint density at radius 3 is 3.07 bits per heavy atom. The van der Waals surface area contributed by atoms with Crippen LogP contribution in [0.5, 0.6) is 0 Å². The minimum Gasteiger partial charge on any atom is -0.306 e. The van der Waals surface area contributed by atoms with Crippen LogP contribution >= 0.6 is 0 Å². The number of hydrogen-bond donors (Lipinski definition) is 0. The predicted octanol–water partition coefficient (Wildman–Crippen LogP) is 1.77. The summed E-state index contributed by atoms with van der Waals surface area (Å²) in [6.07, 6.45) is 4.11. The lowest BCUT2D eigenvalue weighted by molar-refractivity contribution is -0.116. The highest BCUT2D eigenvalue weighted by atomic mass is 16.1. The van der Waals surface area contributed by atoms with Crippen molar-refractivity contribution >= 4 is 11.3 Å². The van der Waals surface area contributed by atoms with E-state index in [-0.39, 0.29) is 5.78 Å². The van der Waals surface area contributed by atoms with Gasteiger partial charge in [0.15, 0.2) is 0 Å². The number of carbonyl (C=O) groups is 1. The van der Waals surface area contributed by atoms with E-state index in [0.717, 1.165) is 16.8 Å². The van der Waals surface area contributed by atoms with E-state index < -0.39 is 0 Å². The number of hydrogen-bond acceptors (Lipinski definition) is 2. The van der Waals surface area contributed by atoms with Gasteiger partial charge in [0.05, 0.1) is 24.0 Å². The molecule has 0 unspecified atom stereocenters. The summed E-state index contributed by atoms with van der Waals surface area (Å²) in [6, 6.07) is 4.00. The van der Waals surface area contributed by atoms with Crippen LogP contribution in [0, 0.1) is 6.92 Å². The number of aryl methyl sites for hydroxylation is 1. The summed E-state index contributed by atoms with van der Waals surface area (Å²) in [6.45, 7) is 3.62. The highest BCUT2D eigenvalue weighted by Gasteiger charge is 2.07. The lowest BCUT2D eigenvalue weighted by Crippen LogP contribution is -1.98. The molecule has 0 spiro atoms. The standard InChI is InChI=1S/C11H12N2O/c1-8-4-3-5-13-7-12-10(11(8)13)6-9(2)14/h3-5,7H,6H2,1-2H3. The van der Waals surface area contributed by atoms with E-state index in [0.29, 0.717) is 6.42 Å². The van der Waals surface area contributed by atoms with Gasteiger partial charge in [-0.15, -0.1) is 0 Å². The molecule has 14 heavy (non-hydrogen) atoms. The molecule has 0 aliphatic carbocycles. The summed E-state index contributed by atoms with van der Waals surface area (Å²) < 4.78 is 1.95. The van der Waals surface area contributed by atoms with Gasteiger partial charge in [0.25, 0.3) is 0 Å². The second-order valence-corrected chi connectivity index (χ2v) is 3.52. The van der Waals surface area contributed by atoms with Crippen molar-refractivity contribution in [3.63, 3.8) is 0 Å². The first-order valence-electron chi connectivity index (χ1n) is 4.59. The number of Topliss-reactive ketones (excluding diaryl/α,β-unsaturated/α-hetero) is 1. The average molecular weight is 188 g/mol. The fourth-order valence-corrected chi connectivity index (χ4v) is 1.67. The summed E-state index contributed by atoms with van der Waals surface area (Å²) in [5.41, 5.74) is 3.08. The maximum absolute atomic E-state index is 11.0. The second kappa shape index (κ2) is 3.25. The molecule has 2 heterocycles. The number of pyridine rings is 1. The molecule has 0 saturated heterocycles. The van der Waals surface area contributed by atoms with Crippen LogP contribution in [-0.2, 0) is 11.2 Å². The summed E-state index contributed by atoms with van der Waals surface area (Å²) in [5, 5.41) is 0. The van der Waals surface area contributed by atoms with Gasteiger partial charge in [-0.3, -0.25) is 4.79 Å². The molecular formula is C11H12N2O. The van der Waals surface area contributed by atoms with Gasteiger partial charge in [-0.05, 0) is 25.5 Å². The minimum absolute atomic E-state index is 0.147. The van der Waals surface area contributed by atoms with Gasteiger partial charge in [0.1, 0.15) is 5.78 Å². The number of aromatic nitrogens is 2. The number of nitrogens with zero attached hydrogens (tertiary/aromatic N) is 2. The topological polar surface area (TPSA) is 34.4 Å². The van der Waals surface area contributed by atoms with Crippen molar-refractivity contribution in [1.29, 1.82) is 0 Å². The van der Waals surface area contributed by atoms with E-state index in [1.807, 2.05) is 29.7 Å². The second-order valence-electron chi connectivity index (χ2n) is 3.52. The van der Waals surface area contributed by atoms with Crippen LogP contribution in [0.2, 0.25) is 0 Å². The molecule has 2 aromatic rings. The maximum atomic E-state index is 11.0. The molecule has 0 aliphatic rings. The molecule has 0 amide bonds. The Labute approximate surface area is 82.4 Å². The number of ketones is 1. The van der Waals surface area contributed by atoms with Crippen LogP contribution in [0.3, 0.4) is 0 Å². The molecule has 3 nitrogen and oxygen atoms in total. The number of fused-ring (bicyclic) bond motifs is 1. The van der Waals surface area contributed by atoms with Crippen molar-refractivity contribution in [2.24, 2.45) is 0 Å². The Morgan fingerprint density at radius 2 is 2.36 bits per heavy atom. The fraction of sp³-hybridized carbons (Fsp3) is 0.273. The normalized spacial score (nSPS) is 10.7. The van der Waals surface area contributed by atoms with Crippen LogP contribution in [0.15, 0.2) is 24.7 Å². The lowest BCUT2D eigenvalue weighted by atomic mass is 10.1. The maximum Gasteiger partial charge on any atom is 0.135 e. The van der Waals surface area contributed by atoms with E-state index in [4.69, 9.17) is 0 Å². The van der Waals surface area contributed by atoms with Crippen LogP contribution in [0.25, 0.3) is 5.52 Å². The molecule has 2 aromatic heterocycles. The third-order valence-electron chi connectivity index (χ3n) is 2.25. The van der Waals surface area contributed by atoms with Crippen molar-refractivity contribution in [2.45, 2.75) is 20.3 Å². The largest absolute Gasteiger partial charge is 0.306 e. The van der Waals surface area contributed by atoms with Gasteiger partial charge in [0, 0.05) is 6.20 Å². The van der Waals surface area contributed by atoms with Gasteiger partial charge in [0.2, 0.25) is 0 Å². The Balaban J connectivity index is 2.61. The molecule has 0 fully saturated rings. The molecule has 2 rings (SSSR count). The molecule has 0 N–H and O–H groups in total. The third-order valence-corrected chi connectivity index (χ3v) is 2.25. The Hall–Kier alpha value is -1.64. The quantitative estimate of drug-likeness (QED) is 0.719. The third kappa shape index (κ3) is 1.41. The Morgan fingerprint density at radius 1 is 1.57 bits per heavy atom. The van der Waals surface area contributed by atoms with Gasteiger partial charge < -0.3 is 4.40 Å². The van der Waals surface area contributed by atoms with Crippen molar-refractivity contribution < 1.29 is 4.79 Å². The summed E-state index contributed by atoms with van der Waals surface area (Å²) in [7, 11) is 0. The minimum atomic E-state index is 0.147.